The number of hydrogen-bond donors (Lipinski definition) is 1. The Balaban J connectivity index is 1.69. The zero-order chi connectivity index (χ0) is 21.1. The summed E-state index contributed by atoms with van der Waals surface area (Å²) in [6.07, 6.45) is 0.622. The predicted octanol–water partition coefficient (Wildman–Crippen LogP) is 4.74. The Hall–Kier alpha value is -3.66. The minimum Gasteiger partial charge on any atom is -0.350 e. The molecule has 3 aromatic rings. The molecular weight excluding hydrogens is 372 g/mol. The fourth-order valence-corrected chi connectivity index (χ4v) is 3.61. The molecule has 1 aliphatic heterocycles. The number of carbonyl (C=O) groups excluding carboxylic acids is 2. The van der Waals surface area contributed by atoms with Gasteiger partial charge in [-0.2, -0.15) is 0 Å². The molecule has 4 nitrogen and oxygen atoms in total. The van der Waals surface area contributed by atoms with Crippen LogP contribution in [-0.2, 0) is 16.0 Å². The SMILES string of the molecule is Cc1ccc(C2=C(Nc3ccccc3)C(=O)N(CCc3ccccc3)C2=O)cc1C. The van der Waals surface area contributed by atoms with Crippen LogP contribution in [0, 0.1) is 13.8 Å². The number of rotatable bonds is 6. The van der Waals surface area contributed by atoms with Crippen LogP contribution in [0.2, 0.25) is 0 Å². The first-order valence-corrected chi connectivity index (χ1v) is 10.1. The summed E-state index contributed by atoms with van der Waals surface area (Å²) in [6.45, 7) is 4.39. The van der Waals surface area contributed by atoms with Crippen molar-refractivity contribution in [2.24, 2.45) is 0 Å². The van der Waals surface area contributed by atoms with Gasteiger partial charge in [0, 0.05) is 12.2 Å². The van der Waals surface area contributed by atoms with E-state index in [1.54, 1.807) is 0 Å². The van der Waals surface area contributed by atoms with Crippen LogP contribution in [0.1, 0.15) is 22.3 Å². The maximum atomic E-state index is 13.3. The van der Waals surface area contributed by atoms with Crippen LogP contribution in [0.15, 0.2) is 84.6 Å². The number of nitrogens with one attached hydrogen (secondary N) is 1. The van der Waals surface area contributed by atoms with Crippen LogP contribution >= 0.6 is 0 Å². The van der Waals surface area contributed by atoms with Gasteiger partial charge in [0.2, 0.25) is 0 Å². The molecule has 1 N–H and O–H groups in total. The number of hydrogen-bond acceptors (Lipinski definition) is 3. The number of benzene rings is 3. The smallest absolute Gasteiger partial charge is 0.278 e. The van der Waals surface area contributed by atoms with E-state index >= 15 is 0 Å². The molecule has 0 saturated carbocycles. The number of nitrogens with zero attached hydrogens (tertiary/aromatic N) is 1. The first-order valence-electron chi connectivity index (χ1n) is 10.1. The second kappa shape index (κ2) is 8.37. The number of imide groups is 1. The second-order valence-corrected chi connectivity index (χ2v) is 7.54. The third kappa shape index (κ3) is 3.90. The molecule has 4 rings (SSSR count). The van der Waals surface area contributed by atoms with Crippen molar-refractivity contribution >= 4 is 23.1 Å². The van der Waals surface area contributed by atoms with Crippen LogP contribution in [0.3, 0.4) is 0 Å². The molecule has 0 unspecified atom stereocenters. The van der Waals surface area contributed by atoms with Gasteiger partial charge >= 0.3 is 0 Å². The van der Waals surface area contributed by atoms with E-state index in [0.29, 0.717) is 24.2 Å². The quantitative estimate of drug-likeness (QED) is 0.613. The highest BCUT2D eigenvalue weighted by Crippen LogP contribution is 2.31. The fraction of sp³-hybridized carbons (Fsp3) is 0.154. The van der Waals surface area contributed by atoms with Crippen LogP contribution in [0.5, 0.6) is 0 Å². The molecule has 0 radical (unpaired) electrons. The lowest BCUT2D eigenvalue weighted by Crippen LogP contribution is -2.34. The van der Waals surface area contributed by atoms with Gasteiger partial charge in [-0.15, -0.1) is 0 Å². The van der Waals surface area contributed by atoms with Gasteiger partial charge in [0.1, 0.15) is 5.70 Å². The Morgan fingerprint density at radius 2 is 1.43 bits per heavy atom. The zero-order valence-electron chi connectivity index (χ0n) is 17.2. The summed E-state index contributed by atoms with van der Waals surface area (Å²) in [4.78, 5) is 28.0. The Kier molecular flexibility index (Phi) is 5.48. The lowest BCUT2D eigenvalue weighted by molar-refractivity contribution is -0.136. The molecule has 0 aliphatic carbocycles. The first kappa shape index (κ1) is 19.6. The minimum atomic E-state index is -0.284. The van der Waals surface area contributed by atoms with Gasteiger partial charge in [-0.3, -0.25) is 14.5 Å². The van der Waals surface area contributed by atoms with Gasteiger partial charge in [-0.05, 0) is 54.7 Å². The molecule has 0 bridgehead atoms. The molecular formula is C26H24N2O2. The van der Waals surface area contributed by atoms with Crippen LogP contribution in [-0.4, -0.2) is 23.3 Å². The molecule has 0 saturated heterocycles. The number of amides is 2. The van der Waals surface area contributed by atoms with Gasteiger partial charge in [-0.1, -0.05) is 66.7 Å². The van der Waals surface area contributed by atoms with E-state index in [0.717, 1.165) is 27.9 Å². The molecule has 1 heterocycles. The summed E-state index contributed by atoms with van der Waals surface area (Å²) in [5.74, 6) is -0.536. The summed E-state index contributed by atoms with van der Waals surface area (Å²) < 4.78 is 0. The van der Waals surface area contributed by atoms with E-state index in [4.69, 9.17) is 0 Å². The number of anilines is 1. The summed E-state index contributed by atoms with van der Waals surface area (Å²) in [5, 5.41) is 3.20. The van der Waals surface area contributed by atoms with Crippen molar-refractivity contribution in [1.29, 1.82) is 0 Å². The summed E-state index contributed by atoms with van der Waals surface area (Å²) in [6, 6.07) is 25.2. The number of carbonyl (C=O) groups is 2. The van der Waals surface area contributed by atoms with E-state index < -0.39 is 0 Å². The van der Waals surface area contributed by atoms with Gasteiger partial charge in [0.15, 0.2) is 0 Å². The first-order chi connectivity index (χ1) is 14.5. The Labute approximate surface area is 176 Å². The van der Waals surface area contributed by atoms with Crippen molar-refractivity contribution in [3.05, 3.63) is 107 Å². The van der Waals surface area contributed by atoms with Crippen molar-refractivity contribution in [3.8, 4) is 0 Å². The van der Waals surface area contributed by atoms with Gasteiger partial charge in [0.25, 0.3) is 11.8 Å². The molecule has 30 heavy (non-hydrogen) atoms. The van der Waals surface area contributed by atoms with E-state index in [1.807, 2.05) is 92.7 Å². The normalized spacial score (nSPS) is 13.9. The van der Waals surface area contributed by atoms with Crippen LogP contribution in [0.4, 0.5) is 5.69 Å². The molecule has 1 aliphatic rings. The lowest BCUT2D eigenvalue weighted by Gasteiger charge is -2.15. The average molecular weight is 396 g/mol. The zero-order valence-corrected chi connectivity index (χ0v) is 17.2. The fourth-order valence-electron chi connectivity index (χ4n) is 3.61. The minimum absolute atomic E-state index is 0.252. The van der Waals surface area contributed by atoms with Crippen LogP contribution in [0.25, 0.3) is 5.57 Å². The largest absolute Gasteiger partial charge is 0.350 e. The lowest BCUT2D eigenvalue weighted by atomic mass is 9.99. The standard InChI is InChI=1S/C26H24N2O2/c1-18-13-14-21(17-19(18)2)23-24(27-22-11-7-4-8-12-22)26(30)28(25(23)29)16-15-20-9-5-3-6-10-20/h3-14,17,27H,15-16H2,1-2H3. The maximum absolute atomic E-state index is 13.3. The third-order valence-corrected chi connectivity index (χ3v) is 5.47. The van der Waals surface area contributed by atoms with Crippen molar-refractivity contribution in [3.63, 3.8) is 0 Å². The van der Waals surface area contributed by atoms with E-state index in [1.165, 1.54) is 4.90 Å². The van der Waals surface area contributed by atoms with Crippen molar-refractivity contribution in [1.82, 2.24) is 4.90 Å². The second-order valence-electron chi connectivity index (χ2n) is 7.54. The summed E-state index contributed by atoms with van der Waals surface area (Å²) in [5.41, 5.74) is 5.63. The highest BCUT2D eigenvalue weighted by molar-refractivity contribution is 6.36. The summed E-state index contributed by atoms with van der Waals surface area (Å²) >= 11 is 0. The highest BCUT2D eigenvalue weighted by atomic mass is 16.2. The highest BCUT2D eigenvalue weighted by Gasteiger charge is 2.39. The van der Waals surface area contributed by atoms with Gasteiger partial charge < -0.3 is 5.32 Å². The third-order valence-electron chi connectivity index (χ3n) is 5.47. The molecule has 0 fully saturated rings. The van der Waals surface area contributed by atoms with Crippen molar-refractivity contribution < 1.29 is 9.59 Å². The number of aryl methyl sites for hydroxylation is 2. The predicted molar refractivity (Wildman–Crippen MR) is 120 cm³/mol. The van der Waals surface area contributed by atoms with Crippen molar-refractivity contribution in [2.45, 2.75) is 20.3 Å². The average Bonchev–Trinajstić information content (AvgIpc) is 2.99. The van der Waals surface area contributed by atoms with Gasteiger partial charge in [-0.25, -0.2) is 0 Å². The van der Waals surface area contributed by atoms with Crippen molar-refractivity contribution in [2.75, 3.05) is 11.9 Å². The van der Waals surface area contributed by atoms with Gasteiger partial charge in [0.05, 0.1) is 5.57 Å². The molecule has 0 atom stereocenters. The number of para-hydroxylation sites is 1. The molecule has 2 amide bonds. The Morgan fingerprint density at radius 3 is 2.10 bits per heavy atom. The molecule has 0 spiro atoms. The monoisotopic (exact) mass is 396 g/mol. The topological polar surface area (TPSA) is 49.4 Å². The summed E-state index contributed by atoms with van der Waals surface area (Å²) in [7, 11) is 0. The maximum Gasteiger partial charge on any atom is 0.278 e. The van der Waals surface area contributed by atoms with E-state index in [2.05, 4.69) is 5.32 Å². The Morgan fingerprint density at radius 1 is 0.767 bits per heavy atom. The van der Waals surface area contributed by atoms with Crippen LogP contribution < -0.4 is 5.32 Å². The molecule has 4 heteroatoms. The Bertz CT molecular complexity index is 1120. The van der Waals surface area contributed by atoms with E-state index in [9.17, 15) is 9.59 Å². The molecule has 3 aromatic carbocycles. The van der Waals surface area contributed by atoms with E-state index in [-0.39, 0.29) is 11.8 Å². The molecule has 0 aromatic heterocycles. The molecule has 150 valence electrons.